The second-order valence-electron chi connectivity index (χ2n) is 4.15. The molecule has 1 unspecified atom stereocenters. The molecule has 3 nitrogen and oxygen atoms in total. The van der Waals surface area contributed by atoms with E-state index in [1.165, 1.54) is 0 Å². The third-order valence-electron chi connectivity index (χ3n) is 2.97. The van der Waals surface area contributed by atoms with Crippen LogP contribution in [0.15, 0.2) is 35.3 Å². The Labute approximate surface area is 109 Å². The molecule has 90 valence electrons. The molecule has 0 spiro atoms. The van der Waals surface area contributed by atoms with Crippen molar-refractivity contribution in [1.29, 1.82) is 0 Å². The smallest absolute Gasteiger partial charge is 0.227 e. The Morgan fingerprint density at radius 1 is 1.59 bits per heavy atom. The molecule has 0 bridgehead atoms. The molecule has 1 fully saturated rings. The van der Waals surface area contributed by atoms with Gasteiger partial charge in [-0.05, 0) is 33.6 Å². The molecule has 1 N–H and O–H groups in total. The van der Waals surface area contributed by atoms with E-state index >= 15 is 0 Å². The number of halogens is 1. The fourth-order valence-corrected chi connectivity index (χ4v) is 2.45. The first-order valence-corrected chi connectivity index (χ1v) is 6.27. The maximum Gasteiger partial charge on any atom is 0.227 e. The summed E-state index contributed by atoms with van der Waals surface area (Å²) in [5.74, 6) is 0.317. The van der Waals surface area contributed by atoms with E-state index in [1.807, 2.05) is 24.3 Å². The summed E-state index contributed by atoms with van der Waals surface area (Å²) < 4.78 is 0.868. The molecule has 1 aromatic carbocycles. The van der Waals surface area contributed by atoms with Crippen molar-refractivity contribution in [2.45, 2.75) is 13.0 Å². The first kappa shape index (κ1) is 12.3. The van der Waals surface area contributed by atoms with Crippen LogP contribution in [0.3, 0.4) is 0 Å². The van der Waals surface area contributed by atoms with Crippen LogP contribution in [0, 0.1) is 5.92 Å². The highest BCUT2D eigenvalue weighted by Gasteiger charge is 2.29. The zero-order valence-electron chi connectivity index (χ0n) is 9.40. The lowest BCUT2D eigenvalue weighted by atomic mass is 10.1. The Morgan fingerprint density at radius 2 is 2.35 bits per heavy atom. The van der Waals surface area contributed by atoms with E-state index in [-0.39, 0.29) is 18.4 Å². The maximum absolute atomic E-state index is 11.9. The molecule has 0 aromatic heterocycles. The number of rotatable bonds is 3. The fourth-order valence-electron chi connectivity index (χ4n) is 1.99. The molecule has 1 saturated heterocycles. The van der Waals surface area contributed by atoms with Crippen molar-refractivity contribution < 1.29 is 9.90 Å². The lowest BCUT2D eigenvalue weighted by molar-refractivity contribution is -0.117. The predicted octanol–water partition coefficient (Wildman–Crippen LogP) is 2.48. The molecule has 1 aromatic rings. The highest BCUT2D eigenvalue weighted by Crippen LogP contribution is 2.32. The van der Waals surface area contributed by atoms with E-state index in [0.717, 1.165) is 15.7 Å². The van der Waals surface area contributed by atoms with Crippen molar-refractivity contribution in [3.63, 3.8) is 0 Å². The summed E-state index contributed by atoms with van der Waals surface area (Å²) in [5, 5.41) is 9.12. The quantitative estimate of drug-likeness (QED) is 0.871. The lowest BCUT2D eigenvalue weighted by Gasteiger charge is -2.18. The third-order valence-corrected chi connectivity index (χ3v) is 3.64. The van der Waals surface area contributed by atoms with Crippen molar-refractivity contribution >= 4 is 27.5 Å². The number of anilines is 1. The van der Waals surface area contributed by atoms with Crippen LogP contribution in [0.4, 0.5) is 5.69 Å². The van der Waals surface area contributed by atoms with Crippen LogP contribution in [-0.2, 0) is 11.4 Å². The highest BCUT2D eigenvalue weighted by atomic mass is 79.9. The van der Waals surface area contributed by atoms with Gasteiger partial charge in [-0.1, -0.05) is 12.1 Å². The topological polar surface area (TPSA) is 40.5 Å². The number of aliphatic hydroxyl groups excluding tert-OH is 1. The second kappa shape index (κ2) is 5.02. The van der Waals surface area contributed by atoms with Gasteiger partial charge in [0.05, 0.1) is 12.3 Å². The van der Waals surface area contributed by atoms with Crippen LogP contribution < -0.4 is 4.90 Å². The molecule has 1 aliphatic heterocycles. The van der Waals surface area contributed by atoms with Gasteiger partial charge in [0.15, 0.2) is 0 Å². The van der Waals surface area contributed by atoms with Crippen LogP contribution in [0.2, 0.25) is 0 Å². The van der Waals surface area contributed by atoms with Crippen molar-refractivity contribution in [2.24, 2.45) is 5.92 Å². The van der Waals surface area contributed by atoms with E-state index in [4.69, 9.17) is 5.11 Å². The number of hydrogen-bond acceptors (Lipinski definition) is 2. The van der Waals surface area contributed by atoms with Gasteiger partial charge in [0, 0.05) is 23.4 Å². The van der Waals surface area contributed by atoms with Gasteiger partial charge in [-0.15, -0.1) is 6.58 Å². The third kappa shape index (κ3) is 2.42. The number of carbonyl (C=O) groups excluding carboxylic acids is 1. The Balaban J connectivity index is 2.33. The summed E-state index contributed by atoms with van der Waals surface area (Å²) in [6.45, 7) is 4.37. The first-order chi connectivity index (χ1) is 8.15. The number of benzene rings is 1. The largest absolute Gasteiger partial charge is 0.392 e. The van der Waals surface area contributed by atoms with Crippen LogP contribution in [0.5, 0.6) is 0 Å². The zero-order valence-corrected chi connectivity index (χ0v) is 11.0. The van der Waals surface area contributed by atoms with E-state index in [1.54, 1.807) is 4.90 Å². The molecule has 1 atom stereocenters. The van der Waals surface area contributed by atoms with Gasteiger partial charge in [-0.3, -0.25) is 4.79 Å². The van der Waals surface area contributed by atoms with Crippen molar-refractivity contribution in [3.05, 3.63) is 40.9 Å². The summed E-state index contributed by atoms with van der Waals surface area (Å²) in [7, 11) is 0. The predicted molar refractivity (Wildman–Crippen MR) is 70.7 cm³/mol. The number of amides is 1. The first-order valence-electron chi connectivity index (χ1n) is 5.48. The highest BCUT2D eigenvalue weighted by molar-refractivity contribution is 9.10. The Kier molecular flexibility index (Phi) is 3.64. The SMILES string of the molecule is C=CC1CC(=O)N(c2cc(CO)ccc2Br)C1. The van der Waals surface area contributed by atoms with Crippen LogP contribution >= 0.6 is 15.9 Å². The monoisotopic (exact) mass is 295 g/mol. The molecular weight excluding hydrogens is 282 g/mol. The van der Waals surface area contributed by atoms with Crippen molar-refractivity contribution in [3.8, 4) is 0 Å². The lowest BCUT2D eigenvalue weighted by Crippen LogP contribution is -2.24. The average Bonchev–Trinajstić information content (AvgIpc) is 2.71. The Morgan fingerprint density at radius 3 is 2.94 bits per heavy atom. The van der Waals surface area contributed by atoms with Crippen LogP contribution in [0.25, 0.3) is 0 Å². The number of nitrogens with zero attached hydrogens (tertiary/aromatic N) is 1. The Hall–Kier alpha value is -1.13. The summed E-state index contributed by atoms with van der Waals surface area (Å²) in [4.78, 5) is 13.6. The normalized spacial score (nSPS) is 19.8. The van der Waals surface area contributed by atoms with E-state index < -0.39 is 0 Å². The number of carbonyl (C=O) groups is 1. The van der Waals surface area contributed by atoms with Gasteiger partial charge in [-0.25, -0.2) is 0 Å². The fraction of sp³-hybridized carbons (Fsp3) is 0.308. The van der Waals surface area contributed by atoms with Gasteiger partial charge in [0.25, 0.3) is 0 Å². The average molecular weight is 296 g/mol. The van der Waals surface area contributed by atoms with Crippen molar-refractivity contribution in [2.75, 3.05) is 11.4 Å². The van der Waals surface area contributed by atoms with E-state index in [0.29, 0.717) is 13.0 Å². The zero-order chi connectivity index (χ0) is 12.4. The van der Waals surface area contributed by atoms with Gasteiger partial charge in [-0.2, -0.15) is 0 Å². The molecule has 2 rings (SSSR count). The molecule has 1 aliphatic rings. The van der Waals surface area contributed by atoms with Crippen LogP contribution in [-0.4, -0.2) is 17.6 Å². The molecular formula is C13H14BrNO2. The molecule has 1 amide bonds. The second-order valence-corrected chi connectivity index (χ2v) is 5.00. The van der Waals surface area contributed by atoms with E-state index in [9.17, 15) is 4.79 Å². The Bertz CT molecular complexity index is 459. The maximum atomic E-state index is 11.9. The summed E-state index contributed by atoms with van der Waals surface area (Å²) in [6.07, 6.45) is 2.33. The minimum atomic E-state index is -0.0206. The minimum Gasteiger partial charge on any atom is -0.392 e. The van der Waals surface area contributed by atoms with E-state index in [2.05, 4.69) is 22.5 Å². The molecule has 17 heavy (non-hydrogen) atoms. The summed E-state index contributed by atoms with van der Waals surface area (Å²) in [5.41, 5.74) is 1.63. The van der Waals surface area contributed by atoms with Gasteiger partial charge >= 0.3 is 0 Å². The van der Waals surface area contributed by atoms with Crippen LogP contribution in [0.1, 0.15) is 12.0 Å². The molecule has 4 heteroatoms. The standard InChI is InChI=1S/C13H14BrNO2/c1-2-9-6-13(17)15(7-9)12-5-10(8-16)3-4-11(12)14/h2-5,9,16H,1,6-8H2. The molecule has 0 radical (unpaired) electrons. The summed E-state index contributed by atoms with van der Waals surface area (Å²) >= 11 is 3.44. The number of hydrogen-bond donors (Lipinski definition) is 1. The van der Waals surface area contributed by atoms with Gasteiger partial charge < -0.3 is 10.0 Å². The number of aliphatic hydroxyl groups is 1. The summed E-state index contributed by atoms with van der Waals surface area (Å²) in [6, 6.07) is 5.53. The minimum absolute atomic E-state index is 0.0206. The molecule has 1 heterocycles. The van der Waals surface area contributed by atoms with Crippen molar-refractivity contribution in [1.82, 2.24) is 0 Å². The molecule has 0 saturated carbocycles. The van der Waals surface area contributed by atoms with Gasteiger partial charge in [0.1, 0.15) is 0 Å². The molecule has 0 aliphatic carbocycles. The van der Waals surface area contributed by atoms with Gasteiger partial charge in [0.2, 0.25) is 5.91 Å².